The van der Waals surface area contributed by atoms with E-state index < -0.39 is 5.54 Å². The average molecular weight is 396 g/mol. The number of hydrogen-bond acceptors (Lipinski definition) is 4. The molecule has 27 heavy (non-hydrogen) atoms. The Labute approximate surface area is 166 Å². The molecule has 1 saturated carbocycles. The molecule has 0 saturated heterocycles. The Bertz CT molecular complexity index is 688. The number of hydrogen-bond donors (Lipinski definition) is 1. The number of methoxy groups -OCH3 is 2. The molecule has 1 aliphatic carbocycles. The molecule has 1 amide bonds. The first-order valence-corrected chi connectivity index (χ1v) is 9.71. The molecular weight excluding hydrogens is 366 g/mol. The van der Waals surface area contributed by atoms with Crippen LogP contribution in [-0.4, -0.2) is 31.6 Å². The molecule has 0 atom stereocenters. The first kappa shape index (κ1) is 21.5. The lowest BCUT2D eigenvalue weighted by atomic mass is 9.67. The number of carbonyl (C=O) groups is 2. The van der Waals surface area contributed by atoms with Crippen LogP contribution in [0.15, 0.2) is 18.2 Å². The molecular formula is C21H30ClNO4. The first-order chi connectivity index (χ1) is 12.6. The average Bonchev–Trinajstić information content (AvgIpc) is 2.62. The van der Waals surface area contributed by atoms with E-state index in [0.717, 1.165) is 12.8 Å². The first-order valence-electron chi connectivity index (χ1n) is 9.34. The van der Waals surface area contributed by atoms with E-state index >= 15 is 0 Å². The van der Waals surface area contributed by atoms with Crippen LogP contribution in [0.1, 0.15) is 52.0 Å². The minimum atomic E-state index is -0.970. The van der Waals surface area contributed by atoms with E-state index in [1.54, 1.807) is 18.2 Å². The zero-order chi connectivity index (χ0) is 20.2. The van der Waals surface area contributed by atoms with Crippen molar-refractivity contribution < 1.29 is 19.1 Å². The fourth-order valence-corrected chi connectivity index (χ4v) is 4.16. The maximum absolute atomic E-state index is 12.8. The number of carbonyl (C=O) groups excluding carboxylic acids is 2. The van der Waals surface area contributed by atoms with Crippen molar-refractivity contribution in [1.29, 1.82) is 0 Å². The second kappa shape index (κ2) is 8.51. The van der Waals surface area contributed by atoms with Gasteiger partial charge in [0.15, 0.2) is 0 Å². The zero-order valence-electron chi connectivity index (χ0n) is 16.9. The van der Waals surface area contributed by atoms with Gasteiger partial charge in [-0.1, -0.05) is 38.4 Å². The van der Waals surface area contributed by atoms with Gasteiger partial charge < -0.3 is 14.8 Å². The fourth-order valence-electron chi connectivity index (χ4n) is 3.93. The lowest BCUT2D eigenvalue weighted by Gasteiger charge is -2.42. The van der Waals surface area contributed by atoms with E-state index in [1.165, 1.54) is 14.2 Å². The van der Waals surface area contributed by atoms with E-state index in [0.29, 0.717) is 35.1 Å². The van der Waals surface area contributed by atoms with Crippen molar-refractivity contribution in [3.8, 4) is 5.75 Å². The highest BCUT2D eigenvalue weighted by Gasteiger charge is 2.46. The van der Waals surface area contributed by atoms with Crippen molar-refractivity contribution in [3.05, 3.63) is 28.8 Å². The quantitative estimate of drug-likeness (QED) is 0.760. The number of amides is 1. The van der Waals surface area contributed by atoms with Gasteiger partial charge in [-0.25, -0.2) is 4.79 Å². The molecule has 5 nitrogen and oxygen atoms in total. The lowest BCUT2D eigenvalue weighted by molar-refractivity contribution is -0.153. The number of benzene rings is 1. The summed E-state index contributed by atoms with van der Waals surface area (Å²) in [5.41, 5.74) is -0.179. The molecule has 0 radical (unpaired) electrons. The monoisotopic (exact) mass is 395 g/mol. The van der Waals surface area contributed by atoms with Crippen LogP contribution in [-0.2, 0) is 20.7 Å². The predicted molar refractivity (Wildman–Crippen MR) is 106 cm³/mol. The van der Waals surface area contributed by atoms with Crippen LogP contribution < -0.4 is 10.1 Å². The van der Waals surface area contributed by atoms with E-state index in [1.807, 2.05) is 0 Å². The topological polar surface area (TPSA) is 64.6 Å². The third-order valence-corrected chi connectivity index (χ3v) is 6.01. The lowest BCUT2D eigenvalue weighted by Crippen LogP contribution is -2.57. The van der Waals surface area contributed by atoms with Crippen LogP contribution in [0.2, 0.25) is 5.02 Å². The third-order valence-electron chi connectivity index (χ3n) is 5.65. The largest absolute Gasteiger partial charge is 0.496 e. The van der Waals surface area contributed by atoms with Crippen molar-refractivity contribution in [2.24, 2.45) is 11.3 Å². The normalized spacial score (nSPS) is 22.8. The molecule has 0 aromatic heterocycles. The van der Waals surface area contributed by atoms with Gasteiger partial charge in [-0.15, -0.1) is 0 Å². The van der Waals surface area contributed by atoms with Crippen molar-refractivity contribution in [2.45, 2.75) is 58.4 Å². The fraction of sp³-hybridized carbons (Fsp3) is 0.619. The van der Waals surface area contributed by atoms with Gasteiger partial charge in [-0.3, -0.25) is 4.79 Å². The van der Waals surface area contributed by atoms with E-state index in [2.05, 4.69) is 26.1 Å². The molecule has 0 unspecified atom stereocenters. The summed E-state index contributed by atoms with van der Waals surface area (Å²) in [6.07, 6.45) is 2.94. The van der Waals surface area contributed by atoms with E-state index in [9.17, 15) is 9.59 Å². The minimum absolute atomic E-state index is 0.0459. The number of nitrogens with one attached hydrogen (secondary N) is 1. The van der Waals surface area contributed by atoms with Crippen molar-refractivity contribution in [3.63, 3.8) is 0 Å². The summed E-state index contributed by atoms with van der Waals surface area (Å²) in [4.78, 5) is 25.3. The zero-order valence-corrected chi connectivity index (χ0v) is 17.6. The van der Waals surface area contributed by atoms with Crippen LogP contribution in [0.5, 0.6) is 5.75 Å². The highest BCUT2D eigenvalue weighted by molar-refractivity contribution is 6.31. The van der Waals surface area contributed by atoms with Crippen LogP contribution in [0.4, 0.5) is 0 Å². The van der Waals surface area contributed by atoms with Gasteiger partial charge in [0.1, 0.15) is 11.3 Å². The number of ether oxygens (including phenoxy) is 2. The van der Waals surface area contributed by atoms with Crippen LogP contribution >= 0.6 is 11.6 Å². The van der Waals surface area contributed by atoms with E-state index in [4.69, 9.17) is 21.1 Å². The molecule has 1 N–H and O–H groups in total. The van der Waals surface area contributed by atoms with Crippen molar-refractivity contribution in [2.75, 3.05) is 14.2 Å². The Morgan fingerprint density at radius 2 is 1.85 bits per heavy atom. The Kier molecular flexibility index (Phi) is 6.79. The van der Waals surface area contributed by atoms with Crippen LogP contribution in [0.25, 0.3) is 0 Å². The molecule has 0 bridgehead atoms. The Balaban J connectivity index is 2.16. The smallest absolute Gasteiger partial charge is 0.331 e. The standard InChI is InChI=1S/C21H30ClNO4/c1-20(2,3)14-9-11-21(12-10-14,19(25)27-5)23-18(24)13-15-16(22)7-6-8-17(15)26-4/h6-8,14H,9-13H2,1-5H3,(H,23,24). The summed E-state index contributed by atoms with van der Waals surface area (Å²) in [5, 5.41) is 3.42. The van der Waals surface area contributed by atoms with E-state index in [-0.39, 0.29) is 23.7 Å². The summed E-state index contributed by atoms with van der Waals surface area (Å²) in [7, 11) is 2.90. The molecule has 6 heteroatoms. The van der Waals surface area contributed by atoms with Gasteiger partial charge >= 0.3 is 5.97 Å². The number of halogens is 1. The SMILES string of the molecule is COC(=O)C1(NC(=O)Cc2c(Cl)cccc2OC)CCC(C(C)(C)C)CC1. The molecule has 0 spiro atoms. The summed E-state index contributed by atoms with van der Waals surface area (Å²) in [6.45, 7) is 6.64. The molecule has 150 valence electrons. The molecule has 1 aromatic carbocycles. The van der Waals surface area contributed by atoms with Gasteiger partial charge in [0.25, 0.3) is 0 Å². The second-order valence-electron chi connectivity index (χ2n) is 8.36. The summed E-state index contributed by atoms with van der Waals surface area (Å²) >= 11 is 6.24. The van der Waals surface area contributed by atoms with Gasteiger partial charge in [0, 0.05) is 10.6 Å². The van der Waals surface area contributed by atoms with Gasteiger partial charge in [0.2, 0.25) is 5.91 Å². The molecule has 1 aromatic rings. The molecule has 0 aliphatic heterocycles. The Morgan fingerprint density at radius 3 is 2.37 bits per heavy atom. The molecule has 1 fully saturated rings. The summed E-state index contributed by atoms with van der Waals surface area (Å²) < 4.78 is 10.3. The van der Waals surface area contributed by atoms with Crippen LogP contribution in [0, 0.1) is 11.3 Å². The van der Waals surface area contributed by atoms with Crippen LogP contribution in [0.3, 0.4) is 0 Å². The van der Waals surface area contributed by atoms with Crippen molar-refractivity contribution in [1.82, 2.24) is 5.32 Å². The van der Waals surface area contributed by atoms with Crippen molar-refractivity contribution >= 4 is 23.5 Å². The minimum Gasteiger partial charge on any atom is -0.496 e. The molecule has 1 aliphatic rings. The third kappa shape index (κ3) is 4.95. The maximum atomic E-state index is 12.8. The number of rotatable bonds is 5. The van der Waals surface area contributed by atoms with Gasteiger partial charge in [-0.2, -0.15) is 0 Å². The maximum Gasteiger partial charge on any atom is 0.331 e. The highest BCUT2D eigenvalue weighted by Crippen LogP contribution is 2.42. The second-order valence-corrected chi connectivity index (χ2v) is 8.77. The summed E-state index contributed by atoms with van der Waals surface area (Å²) in [5.74, 6) is 0.424. The van der Waals surface area contributed by atoms with Gasteiger partial charge in [-0.05, 0) is 49.1 Å². The Morgan fingerprint density at radius 1 is 1.22 bits per heavy atom. The predicted octanol–water partition coefficient (Wildman–Crippen LogP) is 4.16. The molecule has 0 heterocycles. The summed E-state index contributed by atoms with van der Waals surface area (Å²) in [6, 6.07) is 5.25. The number of esters is 1. The molecule has 2 rings (SSSR count). The Hall–Kier alpha value is -1.75. The van der Waals surface area contributed by atoms with Gasteiger partial charge in [0.05, 0.1) is 20.6 Å². The highest BCUT2D eigenvalue weighted by atomic mass is 35.5.